The molecule has 0 unspecified atom stereocenters. The number of hydrogen-bond donors (Lipinski definition) is 2. The molecule has 0 fully saturated rings. The second-order valence-corrected chi connectivity index (χ2v) is 4.84. The van der Waals surface area contributed by atoms with Crippen LogP contribution < -0.4 is 5.32 Å². The maximum Gasteiger partial charge on any atom is 0.325 e. The summed E-state index contributed by atoms with van der Waals surface area (Å²) in [6, 6.07) is 0. The Hall–Kier alpha value is -0.610. The second kappa shape index (κ2) is 6.21. The molecule has 0 saturated heterocycles. The van der Waals surface area contributed by atoms with Gasteiger partial charge in [-0.2, -0.15) is 0 Å². The minimum Gasteiger partial charge on any atom is -0.468 e. The van der Waals surface area contributed by atoms with Crippen molar-refractivity contribution in [3.05, 3.63) is 0 Å². The SMILES string of the molecule is CCC(CC)(CO)CNC(C)(C)C(=O)OC. The quantitative estimate of drug-likeness (QED) is 0.649. The van der Waals surface area contributed by atoms with Gasteiger partial charge in [0, 0.05) is 18.6 Å². The van der Waals surface area contributed by atoms with Crippen molar-refractivity contribution in [2.75, 3.05) is 20.3 Å². The van der Waals surface area contributed by atoms with E-state index in [9.17, 15) is 9.90 Å². The van der Waals surface area contributed by atoms with Gasteiger partial charge in [0.15, 0.2) is 0 Å². The molecule has 0 heterocycles. The number of esters is 1. The van der Waals surface area contributed by atoms with E-state index in [1.165, 1.54) is 7.11 Å². The van der Waals surface area contributed by atoms with Crippen molar-refractivity contribution < 1.29 is 14.6 Å². The van der Waals surface area contributed by atoms with E-state index in [1.54, 1.807) is 13.8 Å². The third-order valence-electron chi connectivity index (χ3n) is 3.44. The average Bonchev–Trinajstić information content (AvgIpc) is 2.30. The first-order valence-corrected chi connectivity index (χ1v) is 5.81. The average molecular weight is 231 g/mol. The predicted molar refractivity (Wildman–Crippen MR) is 64.2 cm³/mol. The van der Waals surface area contributed by atoms with Crippen molar-refractivity contribution >= 4 is 5.97 Å². The van der Waals surface area contributed by atoms with Gasteiger partial charge in [-0.05, 0) is 26.7 Å². The Labute approximate surface area is 98.4 Å². The van der Waals surface area contributed by atoms with Gasteiger partial charge < -0.3 is 15.2 Å². The molecule has 0 rings (SSSR count). The summed E-state index contributed by atoms with van der Waals surface area (Å²) in [5.41, 5.74) is -0.856. The van der Waals surface area contributed by atoms with Crippen LogP contribution in [0.4, 0.5) is 0 Å². The van der Waals surface area contributed by atoms with Gasteiger partial charge in [-0.15, -0.1) is 0 Å². The highest BCUT2D eigenvalue weighted by molar-refractivity contribution is 5.79. The van der Waals surface area contributed by atoms with Crippen molar-refractivity contribution in [1.29, 1.82) is 0 Å². The zero-order valence-electron chi connectivity index (χ0n) is 11.1. The summed E-state index contributed by atoms with van der Waals surface area (Å²) in [5, 5.41) is 12.6. The molecule has 0 spiro atoms. The Morgan fingerprint density at radius 1 is 1.31 bits per heavy atom. The summed E-state index contributed by atoms with van der Waals surface area (Å²) >= 11 is 0. The predicted octanol–water partition coefficient (Wildman–Crippen LogP) is 1.33. The molecule has 0 saturated carbocycles. The highest BCUT2D eigenvalue weighted by Gasteiger charge is 2.32. The number of ether oxygens (including phenoxy) is 1. The molecule has 0 aromatic heterocycles. The molecule has 0 radical (unpaired) electrons. The summed E-state index contributed by atoms with van der Waals surface area (Å²) in [7, 11) is 1.38. The lowest BCUT2D eigenvalue weighted by atomic mass is 9.82. The van der Waals surface area contributed by atoms with Crippen LogP contribution in [0.2, 0.25) is 0 Å². The second-order valence-electron chi connectivity index (χ2n) is 4.84. The van der Waals surface area contributed by atoms with Crippen molar-refractivity contribution in [2.24, 2.45) is 5.41 Å². The Kier molecular flexibility index (Phi) is 5.97. The zero-order valence-corrected chi connectivity index (χ0v) is 11.1. The smallest absolute Gasteiger partial charge is 0.325 e. The minimum absolute atomic E-state index is 0.129. The number of aliphatic hydroxyl groups is 1. The van der Waals surface area contributed by atoms with Crippen LogP contribution in [0.5, 0.6) is 0 Å². The fraction of sp³-hybridized carbons (Fsp3) is 0.917. The molecule has 0 amide bonds. The van der Waals surface area contributed by atoms with Gasteiger partial charge in [0.05, 0.1) is 7.11 Å². The number of rotatable bonds is 7. The third-order valence-corrected chi connectivity index (χ3v) is 3.44. The van der Waals surface area contributed by atoms with Gasteiger partial charge >= 0.3 is 5.97 Å². The lowest BCUT2D eigenvalue weighted by Crippen LogP contribution is -2.52. The van der Waals surface area contributed by atoms with Crippen LogP contribution in [0.3, 0.4) is 0 Å². The highest BCUT2D eigenvalue weighted by atomic mass is 16.5. The molecular weight excluding hydrogens is 206 g/mol. The molecule has 0 aliphatic rings. The molecule has 0 aliphatic carbocycles. The fourth-order valence-electron chi connectivity index (χ4n) is 1.52. The van der Waals surface area contributed by atoms with E-state index in [0.717, 1.165) is 12.8 Å². The topological polar surface area (TPSA) is 58.6 Å². The first-order chi connectivity index (χ1) is 7.37. The fourth-order valence-corrected chi connectivity index (χ4v) is 1.52. The highest BCUT2D eigenvalue weighted by Crippen LogP contribution is 2.25. The van der Waals surface area contributed by atoms with Crippen LogP contribution in [-0.4, -0.2) is 36.9 Å². The van der Waals surface area contributed by atoms with E-state index in [0.29, 0.717) is 6.54 Å². The number of nitrogens with one attached hydrogen (secondary N) is 1. The molecule has 0 atom stereocenters. The van der Waals surface area contributed by atoms with Gasteiger partial charge in [-0.3, -0.25) is 4.79 Å². The van der Waals surface area contributed by atoms with E-state index in [-0.39, 0.29) is 18.0 Å². The molecule has 0 bridgehead atoms. The van der Waals surface area contributed by atoms with Crippen LogP contribution in [0.1, 0.15) is 40.5 Å². The monoisotopic (exact) mass is 231 g/mol. The van der Waals surface area contributed by atoms with Crippen LogP contribution in [0.25, 0.3) is 0 Å². The molecule has 4 nitrogen and oxygen atoms in total. The van der Waals surface area contributed by atoms with Crippen LogP contribution in [0.15, 0.2) is 0 Å². The van der Waals surface area contributed by atoms with E-state index in [4.69, 9.17) is 4.74 Å². The standard InChI is InChI=1S/C12H25NO3/c1-6-12(7-2,9-14)8-13-11(3,4)10(15)16-5/h13-14H,6-9H2,1-5H3. The van der Waals surface area contributed by atoms with Crippen molar-refractivity contribution in [3.63, 3.8) is 0 Å². The van der Waals surface area contributed by atoms with Gasteiger partial charge in [0.1, 0.15) is 5.54 Å². The first-order valence-electron chi connectivity index (χ1n) is 5.81. The molecule has 0 aliphatic heterocycles. The van der Waals surface area contributed by atoms with E-state index in [2.05, 4.69) is 5.32 Å². The van der Waals surface area contributed by atoms with Crippen molar-refractivity contribution in [3.8, 4) is 0 Å². The lowest BCUT2D eigenvalue weighted by Gasteiger charge is -2.34. The normalized spacial score (nSPS) is 12.6. The number of carbonyl (C=O) groups excluding carboxylic acids is 1. The van der Waals surface area contributed by atoms with E-state index < -0.39 is 5.54 Å². The summed E-state index contributed by atoms with van der Waals surface area (Å²) < 4.78 is 4.72. The van der Waals surface area contributed by atoms with Gasteiger partial charge in [-0.1, -0.05) is 13.8 Å². The molecule has 0 aromatic rings. The van der Waals surface area contributed by atoms with E-state index in [1.807, 2.05) is 13.8 Å². The van der Waals surface area contributed by atoms with Crippen LogP contribution in [0, 0.1) is 5.41 Å². The number of methoxy groups -OCH3 is 1. The lowest BCUT2D eigenvalue weighted by molar-refractivity contribution is -0.147. The van der Waals surface area contributed by atoms with Crippen molar-refractivity contribution in [1.82, 2.24) is 5.32 Å². The molecule has 0 aromatic carbocycles. The summed E-state index contributed by atoms with van der Waals surface area (Å²) in [4.78, 5) is 11.5. The minimum atomic E-state index is -0.709. The summed E-state index contributed by atoms with van der Waals surface area (Å²) in [6.07, 6.45) is 1.76. The zero-order chi connectivity index (χ0) is 12.8. The van der Waals surface area contributed by atoms with E-state index >= 15 is 0 Å². The molecular formula is C12H25NO3. The number of carbonyl (C=O) groups is 1. The van der Waals surface area contributed by atoms with Crippen molar-refractivity contribution in [2.45, 2.75) is 46.1 Å². The largest absolute Gasteiger partial charge is 0.468 e. The summed E-state index contributed by atoms with van der Waals surface area (Å²) in [5.74, 6) is -0.286. The summed E-state index contributed by atoms with van der Waals surface area (Å²) in [6.45, 7) is 8.40. The maximum atomic E-state index is 11.5. The number of hydrogen-bond acceptors (Lipinski definition) is 4. The van der Waals surface area contributed by atoms with Crippen LogP contribution >= 0.6 is 0 Å². The maximum absolute atomic E-state index is 11.5. The Morgan fingerprint density at radius 3 is 2.12 bits per heavy atom. The molecule has 2 N–H and O–H groups in total. The van der Waals surface area contributed by atoms with Gasteiger partial charge in [0.25, 0.3) is 0 Å². The Balaban J connectivity index is 4.46. The van der Waals surface area contributed by atoms with Crippen LogP contribution in [-0.2, 0) is 9.53 Å². The Morgan fingerprint density at radius 2 is 1.81 bits per heavy atom. The van der Waals surface area contributed by atoms with Gasteiger partial charge in [-0.25, -0.2) is 0 Å². The molecule has 96 valence electrons. The van der Waals surface area contributed by atoms with Gasteiger partial charge in [0.2, 0.25) is 0 Å². The third kappa shape index (κ3) is 3.76. The molecule has 16 heavy (non-hydrogen) atoms. The Bertz CT molecular complexity index is 214. The number of aliphatic hydroxyl groups excluding tert-OH is 1. The first kappa shape index (κ1) is 15.4. The molecule has 4 heteroatoms.